The Morgan fingerprint density at radius 2 is 1.67 bits per heavy atom. The minimum atomic E-state index is -1.30. The number of carboxylic acid groups (broad SMARTS) is 1. The van der Waals surface area contributed by atoms with Crippen molar-refractivity contribution in [2.45, 2.75) is 25.9 Å². The van der Waals surface area contributed by atoms with Crippen LogP contribution in [-0.2, 0) is 17.8 Å². The number of fused-ring (bicyclic) bond motifs is 1. The predicted molar refractivity (Wildman–Crippen MR) is 159 cm³/mol. The molecule has 0 aliphatic heterocycles. The molecular weight excluding hydrogens is 542 g/mol. The van der Waals surface area contributed by atoms with E-state index in [0.29, 0.717) is 34.7 Å². The number of hydrogen-bond donors (Lipinski definition) is 2. The van der Waals surface area contributed by atoms with Crippen molar-refractivity contribution in [1.29, 1.82) is 0 Å². The fraction of sp³-hybridized carbons (Fsp3) is 0.273. The van der Waals surface area contributed by atoms with Crippen LogP contribution in [0.25, 0.3) is 21.9 Å². The highest BCUT2D eigenvalue weighted by Crippen LogP contribution is 2.44. The van der Waals surface area contributed by atoms with Crippen LogP contribution in [0.15, 0.2) is 66.7 Å². The van der Waals surface area contributed by atoms with Gasteiger partial charge in [-0.2, -0.15) is 0 Å². The Labute approximate surface area is 243 Å². The van der Waals surface area contributed by atoms with Crippen LogP contribution in [0.2, 0.25) is 0 Å². The van der Waals surface area contributed by atoms with E-state index in [2.05, 4.69) is 5.32 Å². The van der Waals surface area contributed by atoms with E-state index >= 15 is 0 Å². The smallest absolute Gasteiger partial charge is 0.326 e. The van der Waals surface area contributed by atoms with Gasteiger partial charge >= 0.3 is 5.97 Å². The van der Waals surface area contributed by atoms with Crippen LogP contribution in [0.3, 0.4) is 0 Å². The number of rotatable bonds is 12. The first kappa shape index (κ1) is 30.5. The molecule has 4 aromatic carbocycles. The molecule has 0 radical (unpaired) electrons. The average molecular weight is 577 g/mol. The third-order valence-electron chi connectivity index (χ3n) is 7.29. The van der Waals surface area contributed by atoms with Crippen LogP contribution in [0.5, 0.6) is 11.5 Å². The molecule has 0 bridgehead atoms. The first-order valence-electron chi connectivity index (χ1n) is 13.5. The SMILES string of the molecule is COc1ccc(CN(C)CCF)c(OC)c1-c1cccc2c(C[C@H](NC(=O)c3c(C)cccc3F)C(=O)O)cccc12. The molecule has 0 aliphatic rings. The summed E-state index contributed by atoms with van der Waals surface area (Å²) in [5.74, 6) is -1.57. The molecule has 0 unspecified atom stereocenters. The number of ether oxygens (including phenoxy) is 2. The predicted octanol–water partition coefficient (Wildman–Crippen LogP) is 5.80. The van der Waals surface area contributed by atoms with E-state index in [-0.39, 0.29) is 18.5 Å². The lowest BCUT2D eigenvalue weighted by molar-refractivity contribution is -0.139. The number of hydrogen-bond acceptors (Lipinski definition) is 5. The summed E-state index contributed by atoms with van der Waals surface area (Å²) in [6, 6.07) is 17.9. The second kappa shape index (κ2) is 13.4. The molecule has 220 valence electrons. The molecule has 1 amide bonds. The van der Waals surface area contributed by atoms with Crippen molar-refractivity contribution in [3.63, 3.8) is 0 Å². The number of carbonyl (C=O) groups excluding carboxylic acids is 1. The number of aryl methyl sites for hydroxylation is 1. The molecule has 0 heterocycles. The standard InChI is InChI=1S/C33H34F2N2O5/c1-20-8-5-13-26(35)29(20)32(38)36-27(33(39)40)18-21-9-6-11-24-23(21)10-7-12-25(24)30-28(41-3)15-14-22(31(30)42-4)19-37(2)17-16-34/h5-15,27H,16-19H2,1-4H3,(H,36,38)(H,39,40)/t27-/m0/s1. The Kier molecular flexibility index (Phi) is 9.75. The fourth-order valence-corrected chi connectivity index (χ4v) is 5.25. The number of benzene rings is 4. The second-order valence-corrected chi connectivity index (χ2v) is 10.1. The van der Waals surface area contributed by atoms with Gasteiger partial charge in [-0.3, -0.25) is 9.69 Å². The Bertz CT molecular complexity index is 1590. The van der Waals surface area contributed by atoms with Gasteiger partial charge in [0, 0.05) is 25.1 Å². The molecule has 0 fully saturated rings. The van der Waals surface area contributed by atoms with E-state index in [0.717, 1.165) is 21.9 Å². The average Bonchev–Trinajstić information content (AvgIpc) is 2.96. The van der Waals surface area contributed by atoms with Crippen molar-refractivity contribution in [3.8, 4) is 22.6 Å². The molecule has 42 heavy (non-hydrogen) atoms. The molecule has 4 aromatic rings. The minimum absolute atomic E-state index is 0.0301. The van der Waals surface area contributed by atoms with Gasteiger partial charge in [0.05, 0.1) is 25.3 Å². The van der Waals surface area contributed by atoms with Gasteiger partial charge < -0.3 is 19.9 Å². The number of nitrogens with zero attached hydrogens (tertiary/aromatic N) is 1. The van der Waals surface area contributed by atoms with Crippen LogP contribution >= 0.6 is 0 Å². The zero-order valence-corrected chi connectivity index (χ0v) is 24.0. The van der Waals surface area contributed by atoms with Crippen LogP contribution in [-0.4, -0.2) is 62.4 Å². The van der Waals surface area contributed by atoms with Crippen molar-refractivity contribution in [2.24, 2.45) is 0 Å². The lowest BCUT2D eigenvalue weighted by Gasteiger charge is -2.22. The Morgan fingerprint density at radius 3 is 2.33 bits per heavy atom. The summed E-state index contributed by atoms with van der Waals surface area (Å²) >= 11 is 0. The third-order valence-corrected chi connectivity index (χ3v) is 7.29. The van der Waals surface area contributed by atoms with Crippen molar-refractivity contribution in [2.75, 3.05) is 34.5 Å². The summed E-state index contributed by atoms with van der Waals surface area (Å²) in [5, 5.41) is 14.1. The zero-order chi connectivity index (χ0) is 30.4. The molecule has 9 heteroatoms. The van der Waals surface area contributed by atoms with Gasteiger partial charge in [-0.25, -0.2) is 13.6 Å². The normalized spacial score (nSPS) is 11.9. The van der Waals surface area contributed by atoms with Gasteiger partial charge in [-0.1, -0.05) is 54.6 Å². The largest absolute Gasteiger partial charge is 0.496 e. The number of nitrogens with one attached hydrogen (secondary N) is 1. The summed E-state index contributed by atoms with van der Waals surface area (Å²) in [5.41, 5.74) is 3.29. The van der Waals surface area contributed by atoms with E-state index < -0.39 is 30.4 Å². The molecule has 0 spiro atoms. The number of methoxy groups -OCH3 is 2. The second-order valence-electron chi connectivity index (χ2n) is 10.1. The summed E-state index contributed by atoms with van der Waals surface area (Å²) < 4.78 is 39.0. The number of alkyl halides is 1. The number of halogens is 2. The van der Waals surface area contributed by atoms with Gasteiger partial charge in [0.25, 0.3) is 5.91 Å². The zero-order valence-electron chi connectivity index (χ0n) is 24.0. The van der Waals surface area contributed by atoms with Gasteiger partial charge in [0.2, 0.25) is 0 Å². The third kappa shape index (κ3) is 6.36. The highest BCUT2D eigenvalue weighted by Gasteiger charge is 2.25. The maximum atomic E-state index is 14.4. The number of aliphatic carboxylic acids is 1. The molecule has 0 saturated carbocycles. The van der Waals surface area contributed by atoms with Gasteiger partial charge in [0.1, 0.15) is 30.0 Å². The fourth-order valence-electron chi connectivity index (χ4n) is 5.25. The molecule has 0 aromatic heterocycles. The Hall–Kier alpha value is -4.50. The lowest BCUT2D eigenvalue weighted by Crippen LogP contribution is -2.42. The summed E-state index contributed by atoms with van der Waals surface area (Å²) in [6.45, 7) is 1.86. The molecule has 4 rings (SSSR count). The van der Waals surface area contributed by atoms with Crippen LogP contribution < -0.4 is 14.8 Å². The van der Waals surface area contributed by atoms with Crippen molar-refractivity contribution in [3.05, 3.63) is 94.8 Å². The van der Waals surface area contributed by atoms with Crippen molar-refractivity contribution in [1.82, 2.24) is 10.2 Å². The summed E-state index contributed by atoms with van der Waals surface area (Å²) in [7, 11) is 4.98. The van der Waals surface area contributed by atoms with Crippen LogP contribution in [0.4, 0.5) is 8.78 Å². The first-order chi connectivity index (χ1) is 20.2. The molecule has 2 N–H and O–H groups in total. The Morgan fingerprint density at radius 1 is 0.952 bits per heavy atom. The first-order valence-corrected chi connectivity index (χ1v) is 13.5. The van der Waals surface area contributed by atoms with E-state index in [1.807, 2.05) is 54.4 Å². The maximum absolute atomic E-state index is 14.4. The molecule has 7 nitrogen and oxygen atoms in total. The van der Waals surface area contributed by atoms with Gasteiger partial charge in [0.15, 0.2) is 0 Å². The van der Waals surface area contributed by atoms with E-state index in [1.165, 1.54) is 12.1 Å². The maximum Gasteiger partial charge on any atom is 0.326 e. The minimum Gasteiger partial charge on any atom is -0.496 e. The topological polar surface area (TPSA) is 88.1 Å². The number of carboxylic acids is 1. The number of amides is 1. The molecular formula is C33H34F2N2O5. The monoisotopic (exact) mass is 576 g/mol. The quantitative estimate of drug-likeness (QED) is 0.222. The highest BCUT2D eigenvalue weighted by atomic mass is 19.1. The number of carbonyl (C=O) groups is 2. The van der Waals surface area contributed by atoms with Crippen molar-refractivity contribution >= 4 is 22.6 Å². The molecule has 0 saturated heterocycles. The van der Waals surface area contributed by atoms with Gasteiger partial charge in [-0.05, 0) is 53.6 Å². The van der Waals surface area contributed by atoms with Crippen molar-refractivity contribution < 1.29 is 33.0 Å². The van der Waals surface area contributed by atoms with Crippen LogP contribution in [0.1, 0.15) is 27.0 Å². The van der Waals surface area contributed by atoms with E-state index in [4.69, 9.17) is 9.47 Å². The van der Waals surface area contributed by atoms with E-state index in [9.17, 15) is 23.5 Å². The molecule has 1 atom stereocenters. The summed E-state index contributed by atoms with van der Waals surface area (Å²) in [4.78, 5) is 27.0. The van der Waals surface area contributed by atoms with Gasteiger partial charge in [-0.15, -0.1) is 0 Å². The summed E-state index contributed by atoms with van der Waals surface area (Å²) in [6.07, 6.45) is -0.0301. The van der Waals surface area contributed by atoms with E-state index in [1.54, 1.807) is 33.3 Å². The highest BCUT2D eigenvalue weighted by molar-refractivity contribution is 6.02. The lowest BCUT2D eigenvalue weighted by atomic mass is 9.91. The molecule has 0 aliphatic carbocycles. The van der Waals surface area contributed by atoms with Crippen LogP contribution in [0, 0.1) is 12.7 Å². The Balaban J connectivity index is 1.77.